The maximum atomic E-state index is 11.9. The van der Waals surface area contributed by atoms with Crippen molar-refractivity contribution in [1.29, 1.82) is 0 Å². The molecule has 0 aromatic carbocycles. The molecule has 0 saturated carbocycles. The molecule has 102 valence electrons. The number of aromatic nitrogens is 1. The summed E-state index contributed by atoms with van der Waals surface area (Å²) in [5.41, 5.74) is 0. The first kappa shape index (κ1) is 13.9. The summed E-state index contributed by atoms with van der Waals surface area (Å²) < 4.78 is 5.04. The molecule has 0 radical (unpaired) electrons. The number of nitrogens with zero attached hydrogens (tertiary/aromatic N) is 2. The van der Waals surface area contributed by atoms with Gasteiger partial charge in [0.1, 0.15) is 11.6 Å². The van der Waals surface area contributed by atoms with E-state index < -0.39 is 0 Å². The van der Waals surface area contributed by atoms with E-state index in [-0.39, 0.29) is 16.9 Å². The van der Waals surface area contributed by atoms with Crippen molar-refractivity contribution in [2.45, 2.75) is 13.3 Å². The molecule has 0 aliphatic carbocycles. The van der Waals surface area contributed by atoms with Crippen molar-refractivity contribution in [3.63, 3.8) is 0 Å². The van der Waals surface area contributed by atoms with Crippen molar-refractivity contribution in [2.75, 3.05) is 24.3 Å². The molecular weight excluding hydrogens is 264 g/mol. The zero-order valence-electron chi connectivity index (χ0n) is 11.0. The molecule has 0 spiro atoms. The molecule has 2 rings (SSSR count). The lowest BCUT2D eigenvalue weighted by atomic mass is 10.1. The van der Waals surface area contributed by atoms with Gasteiger partial charge in [0.15, 0.2) is 5.12 Å². The molecule has 1 aliphatic heterocycles. The van der Waals surface area contributed by atoms with E-state index in [4.69, 9.17) is 4.74 Å². The minimum atomic E-state index is 0.0619. The summed E-state index contributed by atoms with van der Waals surface area (Å²) in [7, 11) is 1.58. The molecule has 0 bridgehead atoms. The molecule has 1 atom stereocenters. The lowest BCUT2D eigenvalue weighted by Gasteiger charge is -2.15. The van der Waals surface area contributed by atoms with Crippen LogP contribution in [-0.4, -0.2) is 35.4 Å². The van der Waals surface area contributed by atoms with Crippen molar-refractivity contribution >= 4 is 28.6 Å². The summed E-state index contributed by atoms with van der Waals surface area (Å²) in [5.74, 6) is 2.27. The number of anilines is 1. The molecular formula is C13H16N2O3S. The van der Waals surface area contributed by atoms with E-state index in [0.29, 0.717) is 30.3 Å². The van der Waals surface area contributed by atoms with Crippen molar-refractivity contribution in [1.82, 2.24) is 4.98 Å². The van der Waals surface area contributed by atoms with Crippen LogP contribution >= 0.6 is 11.8 Å². The number of rotatable bonds is 4. The average molecular weight is 280 g/mol. The Morgan fingerprint density at radius 1 is 1.58 bits per heavy atom. The molecule has 2 heterocycles. The van der Waals surface area contributed by atoms with Crippen LogP contribution in [0, 0.1) is 5.92 Å². The lowest BCUT2D eigenvalue weighted by Crippen LogP contribution is -2.25. The summed E-state index contributed by atoms with van der Waals surface area (Å²) in [6, 6.07) is 3.56. The van der Waals surface area contributed by atoms with Gasteiger partial charge in [0.25, 0.3) is 0 Å². The predicted octanol–water partition coefficient (Wildman–Crippen LogP) is 1.72. The number of hydrogen-bond donors (Lipinski definition) is 0. The zero-order valence-corrected chi connectivity index (χ0v) is 11.8. The topological polar surface area (TPSA) is 59.5 Å². The van der Waals surface area contributed by atoms with Crippen LogP contribution in [0.2, 0.25) is 0 Å². The van der Waals surface area contributed by atoms with Gasteiger partial charge in [-0.25, -0.2) is 4.98 Å². The first-order chi connectivity index (χ1) is 9.10. The van der Waals surface area contributed by atoms with Gasteiger partial charge < -0.3 is 4.74 Å². The van der Waals surface area contributed by atoms with E-state index in [1.807, 2.05) is 0 Å². The molecule has 5 nitrogen and oxygen atoms in total. The highest BCUT2D eigenvalue weighted by molar-refractivity contribution is 8.13. The largest absolute Gasteiger partial charge is 0.495 e. The third kappa shape index (κ3) is 3.47. The first-order valence-corrected chi connectivity index (χ1v) is 7.02. The SMILES string of the molecule is COc1ccc(N2CC(CSC(C)=O)CC2=O)nc1. The zero-order chi connectivity index (χ0) is 13.8. The van der Waals surface area contributed by atoms with Gasteiger partial charge in [-0.3, -0.25) is 14.5 Å². The monoisotopic (exact) mass is 280 g/mol. The summed E-state index contributed by atoms with van der Waals surface area (Å²) in [4.78, 5) is 28.8. The van der Waals surface area contributed by atoms with Crippen molar-refractivity contribution < 1.29 is 14.3 Å². The van der Waals surface area contributed by atoms with Crippen LogP contribution in [0.5, 0.6) is 5.75 Å². The van der Waals surface area contributed by atoms with Gasteiger partial charge in [-0.2, -0.15) is 0 Å². The molecule has 1 aliphatic rings. The third-order valence-electron chi connectivity index (χ3n) is 2.96. The van der Waals surface area contributed by atoms with Gasteiger partial charge in [-0.1, -0.05) is 11.8 Å². The smallest absolute Gasteiger partial charge is 0.228 e. The molecule has 6 heteroatoms. The van der Waals surface area contributed by atoms with Crippen LogP contribution in [0.1, 0.15) is 13.3 Å². The van der Waals surface area contributed by atoms with E-state index in [1.54, 1.807) is 37.3 Å². The Morgan fingerprint density at radius 2 is 2.37 bits per heavy atom. The van der Waals surface area contributed by atoms with Gasteiger partial charge in [0.2, 0.25) is 5.91 Å². The number of hydrogen-bond acceptors (Lipinski definition) is 5. The van der Waals surface area contributed by atoms with Crippen LogP contribution in [0.4, 0.5) is 5.82 Å². The fourth-order valence-corrected chi connectivity index (χ4v) is 2.70. The normalized spacial score (nSPS) is 18.7. The number of carbonyl (C=O) groups excluding carboxylic acids is 2. The van der Waals surface area contributed by atoms with Gasteiger partial charge in [0.05, 0.1) is 13.3 Å². The fourth-order valence-electron chi connectivity index (χ4n) is 2.00. The molecule has 1 fully saturated rings. The average Bonchev–Trinajstić information content (AvgIpc) is 2.78. The first-order valence-electron chi connectivity index (χ1n) is 6.04. The van der Waals surface area contributed by atoms with E-state index in [9.17, 15) is 9.59 Å². The summed E-state index contributed by atoms with van der Waals surface area (Å²) >= 11 is 1.28. The molecule has 1 unspecified atom stereocenters. The highest BCUT2D eigenvalue weighted by Crippen LogP contribution is 2.26. The summed E-state index contributed by atoms with van der Waals surface area (Å²) in [6.07, 6.45) is 2.08. The highest BCUT2D eigenvalue weighted by atomic mass is 32.2. The molecule has 1 aromatic rings. The summed E-state index contributed by atoms with van der Waals surface area (Å²) in [6.45, 7) is 2.17. The number of pyridine rings is 1. The Labute approximate surface area is 116 Å². The van der Waals surface area contributed by atoms with Crippen LogP contribution in [0.15, 0.2) is 18.3 Å². The Kier molecular flexibility index (Phi) is 4.42. The minimum Gasteiger partial charge on any atom is -0.495 e. The fraction of sp³-hybridized carbons (Fsp3) is 0.462. The molecule has 1 amide bonds. The van der Waals surface area contributed by atoms with E-state index in [2.05, 4.69) is 4.98 Å². The number of thioether (sulfide) groups is 1. The van der Waals surface area contributed by atoms with E-state index >= 15 is 0 Å². The van der Waals surface area contributed by atoms with Crippen LogP contribution in [-0.2, 0) is 9.59 Å². The van der Waals surface area contributed by atoms with Crippen LogP contribution in [0.3, 0.4) is 0 Å². The van der Waals surface area contributed by atoms with Crippen molar-refractivity contribution in [3.8, 4) is 5.75 Å². The second kappa shape index (κ2) is 6.06. The Morgan fingerprint density at radius 3 is 2.95 bits per heavy atom. The number of ether oxygens (including phenoxy) is 1. The maximum absolute atomic E-state index is 11.9. The predicted molar refractivity (Wildman–Crippen MR) is 74.4 cm³/mol. The van der Waals surface area contributed by atoms with Crippen LogP contribution in [0.25, 0.3) is 0 Å². The third-order valence-corrected chi connectivity index (χ3v) is 4.00. The number of methoxy groups -OCH3 is 1. The minimum absolute atomic E-state index is 0.0619. The van der Waals surface area contributed by atoms with Crippen molar-refractivity contribution in [3.05, 3.63) is 18.3 Å². The lowest BCUT2D eigenvalue weighted by molar-refractivity contribution is -0.117. The standard InChI is InChI=1S/C13H16N2O3S/c1-9(16)19-8-10-5-13(17)15(7-10)12-4-3-11(18-2)6-14-12/h3-4,6,10H,5,7-8H2,1-2H3. The second-order valence-corrected chi connectivity index (χ2v) is 5.63. The molecule has 0 N–H and O–H groups in total. The van der Waals surface area contributed by atoms with E-state index in [1.165, 1.54) is 11.8 Å². The molecule has 1 aromatic heterocycles. The van der Waals surface area contributed by atoms with Crippen LogP contribution < -0.4 is 9.64 Å². The quantitative estimate of drug-likeness (QED) is 0.840. The number of amides is 1. The van der Waals surface area contributed by atoms with E-state index in [0.717, 1.165) is 0 Å². The summed E-state index contributed by atoms with van der Waals surface area (Å²) in [5, 5.41) is 0.0912. The van der Waals surface area contributed by atoms with Gasteiger partial charge >= 0.3 is 0 Å². The molecule has 19 heavy (non-hydrogen) atoms. The maximum Gasteiger partial charge on any atom is 0.228 e. The Bertz CT molecular complexity index is 475. The Balaban J connectivity index is 2.00. The van der Waals surface area contributed by atoms with Gasteiger partial charge in [-0.15, -0.1) is 0 Å². The van der Waals surface area contributed by atoms with Gasteiger partial charge in [-0.05, 0) is 18.1 Å². The van der Waals surface area contributed by atoms with Gasteiger partial charge in [0, 0.05) is 25.6 Å². The number of carbonyl (C=O) groups is 2. The van der Waals surface area contributed by atoms with Crippen molar-refractivity contribution in [2.24, 2.45) is 5.92 Å². The highest BCUT2D eigenvalue weighted by Gasteiger charge is 2.31. The molecule has 1 saturated heterocycles. The second-order valence-electron chi connectivity index (χ2n) is 4.43. The Hall–Kier alpha value is -1.56.